The normalized spacial score (nSPS) is 11.7. The van der Waals surface area contributed by atoms with E-state index in [1.54, 1.807) is 19.1 Å². The molecule has 0 heterocycles. The van der Waals surface area contributed by atoms with Gasteiger partial charge in [0.1, 0.15) is 0 Å². The summed E-state index contributed by atoms with van der Waals surface area (Å²) < 4.78 is 67.6. The Morgan fingerprint density at radius 1 is 1.04 bits per heavy atom. The predicted molar refractivity (Wildman–Crippen MR) is 93.2 cm³/mol. The van der Waals surface area contributed by atoms with Crippen molar-refractivity contribution in [3.63, 3.8) is 0 Å². The van der Waals surface area contributed by atoms with E-state index in [-0.39, 0.29) is 18.6 Å². The number of nitrogens with one attached hydrogen (secondary N) is 1. The third-order valence-electron chi connectivity index (χ3n) is 3.10. The van der Waals surface area contributed by atoms with E-state index in [0.717, 1.165) is 0 Å². The van der Waals surface area contributed by atoms with Crippen LogP contribution in [0.5, 0.6) is 0 Å². The number of carbonyl (C=O) groups excluding carboxylic acids is 1. The van der Waals surface area contributed by atoms with E-state index in [1.165, 1.54) is 18.2 Å². The molecule has 2 rings (SSSR count). The molecule has 0 fully saturated rings. The molecule has 0 saturated carbocycles. The largest absolute Gasteiger partial charge is 0.358 e. The van der Waals surface area contributed by atoms with Gasteiger partial charge in [-0.1, -0.05) is 30.2 Å². The van der Waals surface area contributed by atoms with Crippen molar-refractivity contribution in [2.45, 2.75) is 16.7 Å². The Bertz CT molecular complexity index is 887. The molecule has 0 aliphatic carbocycles. The van der Waals surface area contributed by atoms with E-state index in [4.69, 9.17) is 0 Å². The number of hydrogen-bond acceptors (Lipinski definition) is 3. The fourth-order valence-electron chi connectivity index (χ4n) is 1.92. The third kappa shape index (κ3) is 4.31. The van der Waals surface area contributed by atoms with Crippen LogP contribution in [0.25, 0.3) is 0 Å². The number of carbonyl (C=O) groups is 1. The lowest BCUT2D eigenvalue weighted by molar-refractivity contribution is -0.107. The minimum absolute atomic E-state index is 0.211. The molecular weight excluding hydrogens is 392 g/mol. The average Bonchev–Trinajstić information content (AvgIpc) is 2.63. The molecule has 0 spiro atoms. The van der Waals surface area contributed by atoms with E-state index in [1.807, 2.05) is 0 Å². The number of para-hydroxylation sites is 1. The molecule has 0 radical (unpaired) electrons. The maximum absolute atomic E-state index is 13.9. The number of rotatable bonds is 6. The van der Waals surface area contributed by atoms with Gasteiger partial charge in [0.25, 0.3) is 0 Å². The molecule has 2 aromatic rings. The molecule has 1 N–H and O–H groups in total. The molecule has 0 bridgehead atoms. The second-order valence-corrected chi connectivity index (χ2v) is 6.76. The Labute approximate surface area is 151 Å². The van der Waals surface area contributed by atoms with Gasteiger partial charge in [0.2, 0.25) is 11.3 Å². The highest BCUT2D eigenvalue weighted by Crippen LogP contribution is 2.39. The Kier molecular flexibility index (Phi) is 6.56. The molecule has 26 heavy (non-hydrogen) atoms. The molecule has 0 aromatic heterocycles. The van der Waals surface area contributed by atoms with E-state index in [2.05, 4.69) is 11.6 Å². The van der Waals surface area contributed by atoms with Crippen LogP contribution in [0, 0.1) is 29.1 Å². The van der Waals surface area contributed by atoms with Crippen molar-refractivity contribution in [3.8, 4) is 0 Å². The Morgan fingerprint density at radius 2 is 1.58 bits per heavy atom. The fourth-order valence-corrected chi connectivity index (χ4v) is 3.16. The van der Waals surface area contributed by atoms with E-state index < -0.39 is 34.0 Å². The maximum Gasteiger partial charge on any atom is 0.205 e. The second-order valence-electron chi connectivity index (χ2n) is 4.95. The molecule has 2 aromatic carbocycles. The third-order valence-corrected chi connectivity index (χ3v) is 4.68. The van der Waals surface area contributed by atoms with Crippen LogP contribution in [0.1, 0.15) is 6.92 Å². The number of anilines is 1. The SMILES string of the molecule is C=PC(=O)/C=C(/C)Nc1ccccc1Sc1c(F)c(F)c(F)c(F)c1F. The summed E-state index contributed by atoms with van der Waals surface area (Å²) in [5, 5.41) is 2.86. The summed E-state index contributed by atoms with van der Waals surface area (Å²) in [6, 6.07) is 6.13. The molecule has 0 aliphatic heterocycles. The van der Waals surface area contributed by atoms with Crippen molar-refractivity contribution in [1.29, 1.82) is 0 Å². The van der Waals surface area contributed by atoms with Gasteiger partial charge in [0.15, 0.2) is 23.3 Å². The molecule has 0 saturated heterocycles. The van der Waals surface area contributed by atoms with Gasteiger partial charge in [-0.3, -0.25) is 4.79 Å². The second kappa shape index (κ2) is 8.47. The lowest BCUT2D eigenvalue weighted by atomic mass is 10.3. The van der Waals surface area contributed by atoms with E-state index in [9.17, 15) is 26.7 Å². The summed E-state index contributed by atoms with van der Waals surface area (Å²) in [6.07, 6.45) is 4.71. The zero-order valence-electron chi connectivity index (χ0n) is 13.2. The smallest absolute Gasteiger partial charge is 0.205 e. The van der Waals surface area contributed by atoms with Crippen LogP contribution in [0.15, 0.2) is 45.8 Å². The van der Waals surface area contributed by atoms with Gasteiger partial charge in [0.05, 0.1) is 10.6 Å². The molecule has 136 valence electrons. The van der Waals surface area contributed by atoms with Crippen molar-refractivity contribution in [2.24, 2.45) is 0 Å². The molecule has 0 unspecified atom stereocenters. The summed E-state index contributed by atoms with van der Waals surface area (Å²) in [4.78, 5) is 10.6. The monoisotopic (exact) mass is 403 g/mol. The molecule has 2 nitrogen and oxygen atoms in total. The van der Waals surface area contributed by atoms with Crippen LogP contribution < -0.4 is 5.32 Å². The lowest BCUT2D eigenvalue weighted by Crippen LogP contribution is -2.04. The number of allylic oxidation sites excluding steroid dienone is 2. The number of halogens is 5. The van der Waals surface area contributed by atoms with Crippen molar-refractivity contribution < 1.29 is 26.7 Å². The number of hydrogen-bond donors (Lipinski definition) is 1. The topological polar surface area (TPSA) is 29.1 Å². The maximum atomic E-state index is 13.9. The van der Waals surface area contributed by atoms with Crippen LogP contribution in [0.4, 0.5) is 27.6 Å². The van der Waals surface area contributed by atoms with E-state index >= 15 is 0 Å². The lowest BCUT2D eigenvalue weighted by Gasteiger charge is -2.13. The van der Waals surface area contributed by atoms with Crippen LogP contribution >= 0.6 is 20.0 Å². The minimum atomic E-state index is -2.21. The molecular formula is C17H11F5NOPS. The summed E-state index contributed by atoms with van der Waals surface area (Å²) in [7, 11) is 0.287. The zero-order chi connectivity index (χ0) is 19.4. The van der Waals surface area contributed by atoms with Crippen molar-refractivity contribution in [2.75, 3.05) is 5.32 Å². The first kappa shape index (κ1) is 20.1. The van der Waals surface area contributed by atoms with Crippen LogP contribution in [0.3, 0.4) is 0 Å². The first-order chi connectivity index (χ1) is 12.3. The van der Waals surface area contributed by atoms with Gasteiger partial charge in [-0.25, -0.2) is 22.0 Å². The number of benzene rings is 2. The van der Waals surface area contributed by atoms with E-state index in [0.29, 0.717) is 23.1 Å². The molecule has 0 aliphatic rings. The van der Waals surface area contributed by atoms with Crippen molar-refractivity contribution >= 4 is 37.5 Å². The zero-order valence-corrected chi connectivity index (χ0v) is 15.0. The van der Waals surface area contributed by atoms with Gasteiger partial charge in [-0.05, 0) is 27.3 Å². The quantitative estimate of drug-likeness (QED) is 0.219. The summed E-state index contributed by atoms with van der Waals surface area (Å²) in [5.41, 5.74) is 0.500. The highest BCUT2D eigenvalue weighted by molar-refractivity contribution is 7.99. The van der Waals surface area contributed by atoms with Crippen LogP contribution in [0.2, 0.25) is 0 Å². The van der Waals surface area contributed by atoms with Gasteiger partial charge >= 0.3 is 0 Å². The predicted octanol–water partition coefficient (Wildman–Crippen LogP) is 5.75. The highest BCUT2D eigenvalue weighted by atomic mass is 32.2. The Morgan fingerprint density at radius 3 is 2.15 bits per heavy atom. The average molecular weight is 403 g/mol. The summed E-state index contributed by atoms with van der Waals surface area (Å²) in [5.74, 6) is -10.0. The molecule has 0 atom stereocenters. The summed E-state index contributed by atoms with van der Waals surface area (Å²) >= 11 is 0.386. The van der Waals surface area contributed by atoms with Crippen LogP contribution in [-0.4, -0.2) is 11.8 Å². The van der Waals surface area contributed by atoms with Crippen molar-refractivity contribution in [3.05, 3.63) is 65.1 Å². The first-order valence-electron chi connectivity index (χ1n) is 7.00. The Hall–Kier alpha value is -2.18. The van der Waals surface area contributed by atoms with Gasteiger partial charge in [0, 0.05) is 16.7 Å². The highest BCUT2D eigenvalue weighted by Gasteiger charge is 2.26. The Balaban J connectivity index is 2.43. The van der Waals surface area contributed by atoms with Crippen molar-refractivity contribution in [1.82, 2.24) is 0 Å². The van der Waals surface area contributed by atoms with Gasteiger partial charge in [-0.15, -0.1) is 0 Å². The van der Waals surface area contributed by atoms with Gasteiger partial charge < -0.3 is 5.32 Å². The first-order valence-corrected chi connectivity index (χ1v) is 8.90. The molecule has 0 amide bonds. The standard InChI is InChI=1S/C17H11F5NOPS/c1-8(7-11(24)25-2)23-9-5-3-4-6-10(9)26-17-15(21)13(19)12(18)14(20)16(17)22/h3-7,23H,2H2,1H3/b8-7-. The van der Waals surface area contributed by atoms with Gasteiger partial charge in [-0.2, -0.15) is 0 Å². The summed E-state index contributed by atoms with van der Waals surface area (Å²) in [6.45, 7) is 1.59. The fraction of sp³-hybridized carbons (Fsp3) is 0.0588. The van der Waals surface area contributed by atoms with Crippen LogP contribution in [-0.2, 0) is 4.79 Å². The minimum Gasteiger partial charge on any atom is -0.358 e. The molecule has 9 heteroatoms.